The van der Waals surface area contributed by atoms with Gasteiger partial charge in [0, 0.05) is 6.04 Å². The Kier molecular flexibility index (Phi) is 2.17. The Morgan fingerprint density at radius 1 is 0.882 bits per heavy atom. The quantitative estimate of drug-likeness (QED) is 0.775. The highest BCUT2D eigenvalue weighted by Crippen LogP contribution is 2.74. The van der Waals surface area contributed by atoms with Crippen LogP contribution in [0.5, 0.6) is 0 Å². The van der Waals surface area contributed by atoms with Crippen molar-refractivity contribution in [2.45, 2.75) is 65.3 Å². The van der Waals surface area contributed by atoms with Crippen molar-refractivity contribution in [1.82, 2.24) is 0 Å². The second kappa shape index (κ2) is 3.08. The first-order valence-corrected chi connectivity index (χ1v) is 7.09. The van der Waals surface area contributed by atoms with Gasteiger partial charge in [-0.3, -0.25) is 0 Å². The van der Waals surface area contributed by atoms with Crippen molar-refractivity contribution in [2.75, 3.05) is 6.61 Å². The summed E-state index contributed by atoms with van der Waals surface area (Å²) in [5.74, 6) is 0. The van der Waals surface area contributed by atoms with Gasteiger partial charge in [0.25, 0.3) is 0 Å². The van der Waals surface area contributed by atoms with Crippen molar-refractivity contribution in [3.63, 3.8) is 0 Å². The Labute approximate surface area is 105 Å². The largest absolute Gasteiger partial charge is 0.395 e. The van der Waals surface area contributed by atoms with Crippen LogP contribution in [0.25, 0.3) is 0 Å². The molecule has 1 atom stereocenters. The summed E-state index contributed by atoms with van der Waals surface area (Å²) in [4.78, 5) is 0. The zero-order valence-electron chi connectivity index (χ0n) is 11.6. The van der Waals surface area contributed by atoms with E-state index in [1.807, 2.05) is 0 Å². The lowest BCUT2D eigenvalue weighted by Crippen LogP contribution is -2.64. The molecule has 0 amide bonds. The summed E-state index contributed by atoms with van der Waals surface area (Å²) in [6.07, 6.45) is 7.84. The Morgan fingerprint density at radius 2 is 1.24 bits per heavy atom. The molecule has 17 heavy (non-hydrogen) atoms. The van der Waals surface area contributed by atoms with Crippen molar-refractivity contribution in [2.24, 2.45) is 27.4 Å². The molecular formula is C15H27NO. The molecule has 4 fully saturated rings. The third kappa shape index (κ3) is 1.60. The molecule has 0 radical (unpaired) electrons. The van der Waals surface area contributed by atoms with Crippen LogP contribution in [-0.4, -0.2) is 17.8 Å². The number of hydrogen-bond acceptors (Lipinski definition) is 2. The third-order valence-corrected chi connectivity index (χ3v) is 5.88. The molecule has 0 spiro atoms. The molecule has 3 N–H and O–H groups in total. The molecule has 4 bridgehead atoms. The average Bonchev–Trinajstić information content (AvgIpc) is 2.08. The Bertz CT molecular complexity index is 297. The van der Waals surface area contributed by atoms with E-state index >= 15 is 0 Å². The second-order valence-corrected chi connectivity index (χ2v) is 8.64. The number of hydrogen-bond donors (Lipinski definition) is 2. The normalized spacial score (nSPS) is 58.4. The first-order valence-electron chi connectivity index (χ1n) is 7.09. The summed E-state index contributed by atoms with van der Waals surface area (Å²) in [5.41, 5.74) is 7.95. The highest BCUT2D eigenvalue weighted by Gasteiger charge is 2.65. The van der Waals surface area contributed by atoms with E-state index in [0.29, 0.717) is 16.2 Å². The van der Waals surface area contributed by atoms with Gasteiger partial charge in [0.15, 0.2) is 0 Å². The van der Waals surface area contributed by atoms with E-state index in [4.69, 9.17) is 5.73 Å². The smallest absolute Gasteiger partial charge is 0.0587 e. The van der Waals surface area contributed by atoms with Crippen LogP contribution in [0.1, 0.15) is 59.3 Å². The molecule has 0 aliphatic heterocycles. The standard InChI is InChI=1S/C15H27NO/c1-12-5-13(2)7-14(3,6-12)10-15(8-12,9-13)11(16)4-17/h11,17H,4-10,16H2,1-3H3. The SMILES string of the molecule is CC12CC3(C)CC(C)(C1)CC(C(N)CO)(C2)C3. The zero-order chi connectivity index (χ0) is 12.5. The van der Waals surface area contributed by atoms with Gasteiger partial charge in [0.05, 0.1) is 6.61 Å². The van der Waals surface area contributed by atoms with Gasteiger partial charge < -0.3 is 10.8 Å². The van der Waals surface area contributed by atoms with Crippen LogP contribution >= 0.6 is 0 Å². The van der Waals surface area contributed by atoms with Gasteiger partial charge >= 0.3 is 0 Å². The minimum Gasteiger partial charge on any atom is -0.395 e. The van der Waals surface area contributed by atoms with Gasteiger partial charge in [-0.25, -0.2) is 0 Å². The molecule has 2 heteroatoms. The third-order valence-electron chi connectivity index (χ3n) is 5.88. The van der Waals surface area contributed by atoms with Crippen LogP contribution < -0.4 is 5.73 Å². The van der Waals surface area contributed by atoms with Gasteiger partial charge in [-0.2, -0.15) is 0 Å². The minimum absolute atomic E-state index is 0.0126. The fourth-order valence-corrected chi connectivity index (χ4v) is 6.98. The molecule has 0 saturated heterocycles. The topological polar surface area (TPSA) is 46.2 Å². The van der Waals surface area contributed by atoms with E-state index in [1.54, 1.807) is 0 Å². The Balaban J connectivity index is 2.04. The average molecular weight is 237 g/mol. The summed E-state index contributed by atoms with van der Waals surface area (Å²) in [7, 11) is 0. The van der Waals surface area contributed by atoms with E-state index < -0.39 is 0 Å². The molecule has 4 rings (SSSR count). The molecule has 0 heterocycles. The molecular weight excluding hydrogens is 210 g/mol. The van der Waals surface area contributed by atoms with E-state index in [9.17, 15) is 5.11 Å². The van der Waals surface area contributed by atoms with Crippen LogP contribution in [0.15, 0.2) is 0 Å². The monoisotopic (exact) mass is 237 g/mol. The first kappa shape index (κ1) is 12.0. The lowest BCUT2D eigenvalue weighted by Gasteiger charge is -2.70. The van der Waals surface area contributed by atoms with Crippen LogP contribution in [0.3, 0.4) is 0 Å². The van der Waals surface area contributed by atoms with Crippen LogP contribution in [-0.2, 0) is 0 Å². The van der Waals surface area contributed by atoms with Crippen molar-refractivity contribution in [3.8, 4) is 0 Å². The minimum atomic E-state index is -0.0126. The molecule has 0 aromatic rings. The van der Waals surface area contributed by atoms with Gasteiger partial charge in [0.2, 0.25) is 0 Å². The Morgan fingerprint density at radius 3 is 1.53 bits per heavy atom. The second-order valence-electron chi connectivity index (χ2n) is 8.64. The fourth-order valence-electron chi connectivity index (χ4n) is 6.98. The summed E-state index contributed by atoms with van der Waals surface area (Å²) in [6.45, 7) is 7.53. The molecule has 98 valence electrons. The predicted octanol–water partition coefficient (Wildman–Crippen LogP) is 2.69. The number of aliphatic hydroxyl groups excluding tert-OH is 1. The maximum absolute atomic E-state index is 9.52. The molecule has 0 aromatic heterocycles. The van der Waals surface area contributed by atoms with E-state index in [-0.39, 0.29) is 18.1 Å². The van der Waals surface area contributed by atoms with Crippen LogP contribution in [0.2, 0.25) is 0 Å². The van der Waals surface area contributed by atoms with Crippen molar-refractivity contribution in [3.05, 3.63) is 0 Å². The van der Waals surface area contributed by atoms with Gasteiger partial charge in [0.1, 0.15) is 0 Å². The summed E-state index contributed by atoms with van der Waals surface area (Å²) in [6, 6.07) is -0.0126. The van der Waals surface area contributed by atoms with E-state index in [0.717, 1.165) is 0 Å². The molecule has 2 nitrogen and oxygen atoms in total. The highest BCUT2D eigenvalue weighted by molar-refractivity contribution is 5.16. The summed E-state index contributed by atoms with van der Waals surface area (Å²) in [5, 5.41) is 9.52. The number of nitrogens with two attached hydrogens (primary N) is 1. The lowest BCUT2D eigenvalue weighted by molar-refractivity contribution is -0.193. The van der Waals surface area contributed by atoms with Crippen LogP contribution in [0.4, 0.5) is 0 Å². The molecule has 4 aliphatic rings. The first-order chi connectivity index (χ1) is 7.72. The predicted molar refractivity (Wildman–Crippen MR) is 69.5 cm³/mol. The van der Waals surface area contributed by atoms with E-state index in [2.05, 4.69) is 20.8 Å². The molecule has 1 unspecified atom stereocenters. The van der Waals surface area contributed by atoms with Gasteiger partial charge in [-0.05, 0) is 60.2 Å². The Hall–Kier alpha value is -0.0800. The van der Waals surface area contributed by atoms with Crippen LogP contribution in [0, 0.1) is 21.7 Å². The maximum Gasteiger partial charge on any atom is 0.0587 e. The van der Waals surface area contributed by atoms with Gasteiger partial charge in [-0.15, -0.1) is 0 Å². The van der Waals surface area contributed by atoms with E-state index in [1.165, 1.54) is 38.5 Å². The number of aliphatic hydroxyl groups is 1. The van der Waals surface area contributed by atoms with Gasteiger partial charge in [-0.1, -0.05) is 20.8 Å². The summed E-state index contributed by atoms with van der Waals surface area (Å²) < 4.78 is 0. The summed E-state index contributed by atoms with van der Waals surface area (Å²) >= 11 is 0. The van der Waals surface area contributed by atoms with Crippen molar-refractivity contribution in [1.29, 1.82) is 0 Å². The maximum atomic E-state index is 9.52. The fraction of sp³-hybridized carbons (Fsp3) is 1.00. The van der Waals surface area contributed by atoms with Crippen molar-refractivity contribution < 1.29 is 5.11 Å². The molecule has 0 aromatic carbocycles. The van der Waals surface area contributed by atoms with Crippen molar-refractivity contribution >= 4 is 0 Å². The lowest BCUT2D eigenvalue weighted by atomic mass is 9.35. The molecule has 4 saturated carbocycles. The highest BCUT2D eigenvalue weighted by atomic mass is 16.3. The number of rotatable bonds is 2. The zero-order valence-corrected chi connectivity index (χ0v) is 11.6. The molecule has 4 aliphatic carbocycles.